The van der Waals surface area contributed by atoms with Crippen LogP contribution in [0.1, 0.15) is 37.2 Å². The fourth-order valence-corrected chi connectivity index (χ4v) is 2.50. The predicted molar refractivity (Wildman–Crippen MR) is 83.2 cm³/mol. The molecule has 1 heterocycles. The fraction of sp³-hybridized carbons (Fsp3) is 0.400. The molecule has 0 bridgehead atoms. The number of nitrogens with two attached hydrogens (primary N) is 1. The highest BCUT2D eigenvalue weighted by Gasteiger charge is 2.24. The van der Waals surface area contributed by atoms with Crippen LogP contribution in [-0.4, -0.2) is 24.0 Å². The standard InChI is InChI=1S/C15H20ClN3O2/c1-9(2)19-15(13(21-4)8-18-19)14(17)11-7-10(16)5-6-12(11)20-3/h5-9,14H,17H2,1-4H3. The van der Waals surface area contributed by atoms with E-state index < -0.39 is 6.04 Å². The average Bonchev–Trinajstić information content (AvgIpc) is 2.90. The van der Waals surface area contributed by atoms with Gasteiger partial charge < -0.3 is 15.2 Å². The van der Waals surface area contributed by atoms with E-state index in [2.05, 4.69) is 5.10 Å². The lowest BCUT2D eigenvalue weighted by Gasteiger charge is -2.20. The Kier molecular flexibility index (Phi) is 4.75. The second-order valence-corrected chi connectivity index (χ2v) is 5.44. The highest BCUT2D eigenvalue weighted by Crippen LogP contribution is 2.35. The first kappa shape index (κ1) is 15.7. The molecule has 2 N–H and O–H groups in total. The van der Waals surface area contributed by atoms with Crippen LogP contribution in [0.5, 0.6) is 11.5 Å². The molecule has 5 nitrogen and oxygen atoms in total. The third kappa shape index (κ3) is 2.99. The molecule has 0 saturated carbocycles. The van der Waals surface area contributed by atoms with E-state index in [-0.39, 0.29) is 6.04 Å². The summed E-state index contributed by atoms with van der Waals surface area (Å²) in [7, 11) is 3.21. The molecule has 21 heavy (non-hydrogen) atoms. The highest BCUT2D eigenvalue weighted by atomic mass is 35.5. The van der Waals surface area contributed by atoms with Gasteiger partial charge in [-0.05, 0) is 32.0 Å². The number of hydrogen-bond acceptors (Lipinski definition) is 4. The third-order valence-electron chi connectivity index (χ3n) is 3.33. The van der Waals surface area contributed by atoms with Gasteiger partial charge >= 0.3 is 0 Å². The summed E-state index contributed by atoms with van der Waals surface area (Å²) >= 11 is 6.09. The van der Waals surface area contributed by atoms with Gasteiger partial charge in [0.05, 0.1) is 26.5 Å². The van der Waals surface area contributed by atoms with Gasteiger partial charge in [-0.15, -0.1) is 0 Å². The molecule has 6 heteroatoms. The molecule has 0 fully saturated rings. The molecule has 114 valence electrons. The van der Waals surface area contributed by atoms with Gasteiger partial charge in [0.25, 0.3) is 0 Å². The molecule has 0 amide bonds. The van der Waals surface area contributed by atoms with Crippen molar-refractivity contribution in [2.45, 2.75) is 25.9 Å². The van der Waals surface area contributed by atoms with Crippen molar-refractivity contribution in [3.05, 3.63) is 40.7 Å². The predicted octanol–water partition coefficient (Wildman–Crippen LogP) is 3.18. The summed E-state index contributed by atoms with van der Waals surface area (Å²) in [6.07, 6.45) is 1.67. The molecule has 0 aliphatic rings. The summed E-state index contributed by atoms with van der Waals surface area (Å²) in [5.41, 5.74) is 8.04. The topological polar surface area (TPSA) is 62.3 Å². The van der Waals surface area contributed by atoms with Gasteiger partial charge in [-0.1, -0.05) is 11.6 Å². The largest absolute Gasteiger partial charge is 0.496 e. The molecule has 0 aliphatic heterocycles. The lowest BCUT2D eigenvalue weighted by molar-refractivity contribution is 0.393. The molecule has 2 aromatic rings. The molecule has 0 saturated heterocycles. The van der Waals surface area contributed by atoms with Crippen LogP contribution in [0.3, 0.4) is 0 Å². The van der Waals surface area contributed by atoms with E-state index in [0.29, 0.717) is 16.5 Å². The van der Waals surface area contributed by atoms with E-state index in [1.54, 1.807) is 32.5 Å². The van der Waals surface area contributed by atoms with Crippen molar-refractivity contribution >= 4 is 11.6 Å². The van der Waals surface area contributed by atoms with Gasteiger partial charge in [0.1, 0.15) is 11.4 Å². The maximum atomic E-state index is 6.44. The molecule has 1 aromatic heterocycles. The molecule has 1 unspecified atom stereocenters. The van der Waals surface area contributed by atoms with Crippen molar-refractivity contribution in [2.24, 2.45) is 5.73 Å². The van der Waals surface area contributed by atoms with E-state index in [9.17, 15) is 0 Å². The van der Waals surface area contributed by atoms with Crippen LogP contribution in [0.2, 0.25) is 5.02 Å². The van der Waals surface area contributed by atoms with E-state index in [1.165, 1.54) is 0 Å². The number of hydrogen-bond donors (Lipinski definition) is 1. The summed E-state index contributed by atoms with van der Waals surface area (Å²) in [5, 5.41) is 4.96. The van der Waals surface area contributed by atoms with E-state index in [4.69, 9.17) is 26.8 Å². The average molecular weight is 310 g/mol. The molecule has 2 rings (SSSR count). The smallest absolute Gasteiger partial charge is 0.161 e. The first-order valence-electron chi connectivity index (χ1n) is 6.70. The molecule has 0 spiro atoms. The zero-order valence-corrected chi connectivity index (χ0v) is 13.4. The number of aromatic nitrogens is 2. The van der Waals surface area contributed by atoms with Gasteiger partial charge in [-0.2, -0.15) is 5.10 Å². The van der Waals surface area contributed by atoms with Crippen molar-refractivity contribution in [3.63, 3.8) is 0 Å². The normalized spacial score (nSPS) is 12.5. The Morgan fingerprint density at radius 2 is 1.86 bits per heavy atom. The lowest BCUT2D eigenvalue weighted by atomic mass is 10.0. The maximum Gasteiger partial charge on any atom is 0.161 e. The Bertz CT molecular complexity index is 625. The third-order valence-corrected chi connectivity index (χ3v) is 3.56. The summed E-state index contributed by atoms with van der Waals surface area (Å²) in [6, 6.07) is 5.11. The Balaban J connectivity index is 2.56. The lowest BCUT2D eigenvalue weighted by Crippen LogP contribution is -2.20. The Hall–Kier alpha value is -1.72. The zero-order valence-electron chi connectivity index (χ0n) is 12.6. The summed E-state index contributed by atoms with van der Waals surface area (Å²) in [5.74, 6) is 1.34. The molecular weight excluding hydrogens is 290 g/mol. The number of ether oxygens (including phenoxy) is 2. The van der Waals surface area contributed by atoms with E-state index >= 15 is 0 Å². The first-order valence-corrected chi connectivity index (χ1v) is 7.07. The summed E-state index contributed by atoms with van der Waals surface area (Å²) in [6.45, 7) is 4.08. The SMILES string of the molecule is COc1ccc(Cl)cc1C(N)c1c(OC)cnn1C(C)C. The molecule has 0 aliphatic carbocycles. The van der Waals surface area contributed by atoms with Crippen LogP contribution >= 0.6 is 11.6 Å². The van der Waals surface area contributed by atoms with E-state index in [0.717, 1.165) is 11.3 Å². The highest BCUT2D eigenvalue weighted by molar-refractivity contribution is 6.30. The molecule has 0 radical (unpaired) electrons. The van der Waals surface area contributed by atoms with Crippen molar-refractivity contribution in [2.75, 3.05) is 14.2 Å². The Morgan fingerprint density at radius 3 is 2.43 bits per heavy atom. The fourth-order valence-electron chi connectivity index (χ4n) is 2.32. The monoisotopic (exact) mass is 309 g/mol. The number of nitrogens with zero attached hydrogens (tertiary/aromatic N) is 2. The van der Waals surface area contributed by atoms with Crippen LogP contribution in [0.4, 0.5) is 0 Å². The Labute approximate surface area is 129 Å². The van der Waals surface area contributed by atoms with Crippen molar-refractivity contribution in [1.82, 2.24) is 9.78 Å². The van der Waals surface area contributed by atoms with Crippen LogP contribution in [0, 0.1) is 0 Å². The van der Waals surface area contributed by atoms with Crippen LogP contribution in [0.25, 0.3) is 0 Å². The molecule has 1 aromatic carbocycles. The maximum absolute atomic E-state index is 6.44. The second-order valence-electron chi connectivity index (χ2n) is 5.00. The van der Waals surface area contributed by atoms with Crippen molar-refractivity contribution in [3.8, 4) is 11.5 Å². The van der Waals surface area contributed by atoms with Crippen LogP contribution < -0.4 is 15.2 Å². The van der Waals surface area contributed by atoms with Crippen LogP contribution in [-0.2, 0) is 0 Å². The minimum Gasteiger partial charge on any atom is -0.496 e. The van der Waals surface area contributed by atoms with Gasteiger partial charge in [0.15, 0.2) is 5.75 Å². The van der Waals surface area contributed by atoms with E-state index in [1.807, 2.05) is 24.6 Å². The van der Waals surface area contributed by atoms with Gasteiger partial charge in [-0.3, -0.25) is 4.68 Å². The number of benzene rings is 1. The van der Waals surface area contributed by atoms with Crippen molar-refractivity contribution in [1.29, 1.82) is 0 Å². The van der Waals surface area contributed by atoms with Crippen molar-refractivity contribution < 1.29 is 9.47 Å². The molecule has 1 atom stereocenters. The van der Waals surface area contributed by atoms with Gasteiger partial charge in [0.2, 0.25) is 0 Å². The van der Waals surface area contributed by atoms with Gasteiger partial charge in [0, 0.05) is 16.6 Å². The van der Waals surface area contributed by atoms with Crippen LogP contribution in [0.15, 0.2) is 24.4 Å². The summed E-state index contributed by atoms with van der Waals surface area (Å²) in [4.78, 5) is 0. The number of rotatable bonds is 5. The minimum atomic E-state index is -0.446. The van der Waals surface area contributed by atoms with Gasteiger partial charge in [-0.25, -0.2) is 0 Å². The Morgan fingerprint density at radius 1 is 1.19 bits per heavy atom. The zero-order chi connectivity index (χ0) is 15.6. The first-order chi connectivity index (χ1) is 9.99. The summed E-state index contributed by atoms with van der Waals surface area (Å²) < 4.78 is 12.6. The second kappa shape index (κ2) is 6.37. The number of halogens is 1. The quantitative estimate of drug-likeness (QED) is 0.921. The molecular formula is C15H20ClN3O2. The minimum absolute atomic E-state index is 0.167. The number of methoxy groups -OCH3 is 2.